The Morgan fingerprint density at radius 3 is 2.37 bits per heavy atom. The maximum atomic E-state index is 14.8. The van der Waals surface area contributed by atoms with E-state index in [-0.39, 0.29) is 12.4 Å². The smallest absolute Gasteiger partial charge is 0.159 e. The van der Waals surface area contributed by atoms with Crippen molar-refractivity contribution in [2.75, 3.05) is 5.32 Å². The number of aromatic nitrogens is 3. The predicted octanol–water partition coefficient (Wildman–Crippen LogP) is 7.22. The zero-order valence-corrected chi connectivity index (χ0v) is 22.2. The average molecular weight is 527 g/mol. The molecule has 0 saturated carbocycles. The molecule has 5 rings (SSSR count). The number of pyridine rings is 1. The first-order valence-corrected chi connectivity index (χ1v) is 12.8. The number of nitrogens with one attached hydrogen (secondary N) is 1. The monoisotopic (exact) mass is 526 g/mol. The molecule has 0 aliphatic rings. The van der Waals surface area contributed by atoms with Gasteiger partial charge >= 0.3 is 0 Å². The van der Waals surface area contributed by atoms with E-state index >= 15 is 0 Å². The number of benzene rings is 3. The van der Waals surface area contributed by atoms with Gasteiger partial charge in [0.05, 0.1) is 21.9 Å². The van der Waals surface area contributed by atoms with Crippen molar-refractivity contribution < 1.29 is 9.50 Å². The van der Waals surface area contributed by atoms with Gasteiger partial charge in [-0.2, -0.15) is 0 Å². The Labute approximate surface area is 226 Å². The minimum Gasteiger partial charge on any atom is -0.382 e. The number of hydrogen-bond donors (Lipinski definition) is 2. The van der Waals surface area contributed by atoms with E-state index in [1.165, 1.54) is 11.6 Å². The van der Waals surface area contributed by atoms with Crippen LogP contribution in [-0.4, -0.2) is 20.1 Å². The van der Waals surface area contributed by atoms with Crippen LogP contribution < -0.4 is 5.32 Å². The zero-order chi connectivity index (χ0) is 26.9. The van der Waals surface area contributed by atoms with Crippen molar-refractivity contribution in [1.29, 1.82) is 0 Å². The molecule has 2 heterocycles. The molecular weight excluding hydrogens is 499 g/mol. The van der Waals surface area contributed by atoms with E-state index in [0.717, 1.165) is 34.0 Å². The highest BCUT2D eigenvalue weighted by Gasteiger charge is 2.19. The first kappa shape index (κ1) is 25.8. The number of aliphatic hydroxyl groups is 1. The maximum Gasteiger partial charge on any atom is 0.159 e. The lowest BCUT2D eigenvalue weighted by Gasteiger charge is -2.16. The molecule has 5 nitrogen and oxygen atoms in total. The van der Waals surface area contributed by atoms with E-state index in [1.807, 2.05) is 55.5 Å². The molecule has 0 bridgehead atoms. The van der Waals surface area contributed by atoms with Crippen molar-refractivity contribution in [3.05, 3.63) is 118 Å². The van der Waals surface area contributed by atoms with Crippen LogP contribution in [-0.2, 0) is 18.6 Å². The maximum absolute atomic E-state index is 14.8. The summed E-state index contributed by atoms with van der Waals surface area (Å²) < 4.78 is 14.8. The lowest BCUT2D eigenvalue weighted by Crippen LogP contribution is -2.19. The Balaban J connectivity index is 1.46. The van der Waals surface area contributed by atoms with Gasteiger partial charge in [0.25, 0.3) is 0 Å². The van der Waals surface area contributed by atoms with Gasteiger partial charge in [-0.15, -0.1) is 0 Å². The number of aryl methyl sites for hydroxylation is 1. The molecule has 3 aromatic carbocycles. The summed E-state index contributed by atoms with van der Waals surface area (Å²) in [6.45, 7) is 5.41. The highest BCUT2D eigenvalue weighted by Crippen LogP contribution is 2.35. The molecule has 2 N–H and O–H groups in total. The summed E-state index contributed by atoms with van der Waals surface area (Å²) in [6, 6.07) is 21.2. The zero-order valence-electron chi connectivity index (χ0n) is 21.5. The molecule has 2 aromatic heterocycles. The summed E-state index contributed by atoms with van der Waals surface area (Å²) >= 11 is 6.71. The van der Waals surface area contributed by atoms with Gasteiger partial charge in [0.1, 0.15) is 11.4 Å². The van der Waals surface area contributed by atoms with Crippen LogP contribution in [0.1, 0.15) is 42.1 Å². The second-order valence-electron chi connectivity index (χ2n) is 9.91. The molecule has 0 saturated heterocycles. The lowest BCUT2D eigenvalue weighted by molar-refractivity contribution is 0.0687. The van der Waals surface area contributed by atoms with Gasteiger partial charge in [-0.25, -0.2) is 14.4 Å². The fraction of sp³-hybridized carbons (Fsp3) is 0.194. The van der Waals surface area contributed by atoms with Crippen LogP contribution in [0.4, 0.5) is 10.1 Å². The van der Waals surface area contributed by atoms with Crippen molar-refractivity contribution >= 4 is 28.2 Å². The number of nitrogens with zero attached hydrogens (tertiary/aromatic N) is 3. The Bertz CT molecular complexity index is 1600. The predicted molar refractivity (Wildman–Crippen MR) is 151 cm³/mol. The Kier molecular flexibility index (Phi) is 7.11. The minimum atomic E-state index is -1.12. The Morgan fingerprint density at radius 2 is 1.66 bits per heavy atom. The van der Waals surface area contributed by atoms with Gasteiger partial charge < -0.3 is 10.4 Å². The quantitative estimate of drug-likeness (QED) is 0.234. The van der Waals surface area contributed by atoms with E-state index in [9.17, 15) is 9.50 Å². The Morgan fingerprint density at radius 1 is 0.921 bits per heavy atom. The minimum absolute atomic E-state index is 0.264. The van der Waals surface area contributed by atoms with E-state index < -0.39 is 5.60 Å². The van der Waals surface area contributed by atoms with Gasteiger partial charge in [-0.3, -0.25) is 4.98 Å². The molecule has 0 aliphatic carbocycles. The third-order valence-corrected chi connectivity index (χ3v) is 6.90. The lowest BCUT2D eigenvalue weighted by atomic mass is 10.0. The molecule has 0 unspecified atom stereocenters. The van der Waals surface area contributed by atoms with Crippen LogP contribution >= 0.6 is 11.6 Å². The number of rotatable bonds is 7. The van der Waals surface area contributed by atoms with Crippen molar-refractivity contribution in [3.63, 3.8) is 0 Å². The summed E-state index contributed by atoms with van der Waals surface area (Å²) in [5, 5.41) is 14.8. The van der Waals surface area contributed by atoms with Gasteiger partial charge in [0, 0.05) is 35.5 Å². The van der Waals surface area contributed by atoms with Crippen LogP contribution in [0.25, 0.3) is 22.0 Å². The third kappa shape index (κ3) is 5.52. The number of halogens is 2. The van der Waals surface area contributed by atoms with Crippen molar-refractivity contribution in [3.8, 4) is 11.1 Å². The Hall–Kier alpha value is -3.87. The summed E-state index contributed by atoms with van der Waals surface area (Å²) in [6.07, 6.45) is 4.10. The van der Waals surface area contributed by atoms with E-state index in [1.54, 1.807) is 26.2 Å². The fourth-order valence-corrected chi connectivity index (χ4v) is 4.61. The second-order valence-corrected chi connectivity index (χ2v) is 10.3. The summed E-state index contributed by atoms with van der Waals surface area (Å²) in [5.74, 6) is 0.0755. The highest BCUT2D eigenvalue weighted by atomic mass is 35.5. The first-order chi connectivity index (χ1) is 18.2. The summed E-state index contributed by atoms with van der Waals surface area (Å²) in [4.78, 5) is 13.3. The molecule has 0 amide bonds. The highest BCUT2D eigenvalue weighted by molar-refractivity contribution is 6.35. The normalized spacial score (nSPS) is 11.6. The van der Waals surface area contributed by atoms with Crippen molar-refractivity contribution in [2.45, 2.75) is 39.3 Å². The van der Waals surface area contributed by atoms with E-state index in [2.05, 4.69) is 32.4 Å². The van der Waals surface area contributed by atoms with Crippen LogP contribution in [0, 0.1) is 12.7 Å². The largest absolute Gasteiger partial charge is 0.382 e. The average Bonchev–Trinajstić information content (AvgIpc) is 2.90. The van der Waals surface area contributed by atoms with Gasteiger partial charge in [0.15, 0.2) is 5.82 Å². The van der Waals surface area contributed by atoms with Crippen LogP contribution in [0.5, 0.6) is 0 Å². The summed E-state index contributed by atoms with van der Waals surface area (Å²) in [5.41, 5.74) is 5.46. The molecule has 38 heavy (non-hydrogen) atoms. The number of fused-ring (bicyclic) bond motifs is 1. The third-order valence-electron chi connectivity index (χ3n) is 6.44. The van der Waals surface area contributed by atoms with Crippen molar-refractivity contribution in [2.24, 2.45) is 0 Å². The SMILES string of the molecule is Cc1nc2ccc(-c3cnc(C(C)(C)O)nc3)cc2c(NCc2cc(Cc3ccccc3)ccc2F)c1Cl. The molecule has 0 fully saturated rings. The van der Waals surface area contributed by atoms with E-state index in [0.29, 0.717) is 27.8 Å². The van der Waals surface area contributed by atoms with Crippen molar-refractivity contribution in [1.82, 2.24) is 15.0 Å². The fourth-order valence-electron chi connectivity index (χ4n) is 4.40. The first-order valence-electron chi connectivity index (χ1n) is 12.4. The topological polar surface area (TPSA) is 70.9 Å². The van der Waals surface area contributed by atoms with Crippen LogP contribution in [0.3, 0.4) is 0 Å². The van der Waals surface area contributed by atoms with E-state index in [4.69, 9.17) is 11.6 Å². The molecule has 192 valence electrons. The molecule has 0 atom stereocenters. The molecule has 0 radical (unpaired) electrons. The second kappa shape index (κ2) is 10.5. The van der Waals surface area contributed by atoms with Gasteiger partial charge in [-0.1, -0.05) is 60.1 Å². The van der Waals surface area contributed by atoms with Gasteiger partial charge in [-0.05, 0) is 62.1 Å². The number of hydrogen-bond acceptors (Lipinski definition) is 5. The standard InChI is InChI=1S/C31H28ClFN4O/c1-19-28(32)29(34-16-23-14-21(9-11-26(23)33)13-20-7-5-4-6-8-20)25-15-22(10-12-27(25)37-19)24-17-35-30(36-18-24)31(2,3)38/h4-12,14-15,17-18,38H,13,16H2,1-3H3,(H,34,37). The van der Waals surface area contributed by atoms with Crippen LogP contribution in [0.15, 0.2) is 79.1 Å². The number of anilines is 1. The molecule has 0 spiro atoms. The molecular formula is C31H28ClFN4O. The molecule has 5 aromatic rings. The van der Waals surface area contributed by atoms with Gasteiger partial charge in [0.2, 0.25) is 0 Å². The molecule has 7 heteroatoms. The van der Waals surface area contributed by atoms with Crippen LogP contribution in [0.2, 0.25) is 5.02 Å². The molecule has 0 aliphatic heterocycles. The summed E-state index contributed by atoms with van der Waals surface area (Å²) in [7, 11) is 0.